The van der Waals surface area contributed by atoms with Crippen LogP contribution in [-0.2, 0) is 0 Å². The second kappa shape index (κ2) is 3.75. The summed E-state index contributed by atoms with van der Waals surface area (Å²) in [5.41, 5.74) is 0.654. The molecule has 1 aromatic carbocycles. The van der Waals surface area contributed by atoms with Gasteiger partial charge in [0.1, 0.15) is 0 Å². The maximum atomic E-state index is 10.5. The largest absolute Gasteiger partial charge is 0.490 e. The molecule has 0 unspecified atom stereocenters. The number of hydrogen-bond donors (Lipinski definition) is 1. The molecule has 0 aromatic heterocycles. The van der Waals surface area contributed by atoms with Gasteiger partial charge in [0.05, 0.1) is 12.0 Å². The number of rotatable bonds is 3. The number of nitrogens with one attached hydrogen (secondary N) is 1. The average Bonchev–Trinajstić information content (AvgIpc) is 2.16. The van der Waals surface area contributed by atoms with Gasteiger partial charge in [-0.1, -0.05) is 0 Å². The molecule has 0 atom stereocenters. The first-order valence-corrected chi connectivity index (χ1v) is 3.69. The van der Waals surface area contributed by atoms with Crippen LogP contribution in [0.4, 0.5) is 11.4 Å². The van der Waals surface area contributed by atoms with E-state index in [0.717, 1.165) is 0 Å². The Kier molecular flexibility index (Phi) is 2.69. The number of methoxy groups -OCH3 is 1. The molecular weight excluding hydrogens is 172 g/mol. The lowest BCUT2D eigenvalue weighted by Gasteiger charge is -2.03. The zero-order chi connectivity index (χ0) is 9.84. The second-order valence-corrected chi connectivity index (χ2v) is 2.39. The highest BCUT2D eigenvalue weighted by Crippen LogP contribution is 2.29. The van der Waals surface area contributed by atoms with Gasteiger partial charge >= 0.3 is 5.69 Å². The standard InChI is InChI=1S/C8H10N2O3/c1-9-6-3-4-8(13-2)7(5-6)10(11)12/h3-5,9H,1-2H3. The Balaban J connectivity index is 3.18. The quantitative estimate of drug-likeness (QED) is 0.570. The third-order valence-corrected chi connectivity index (χ3v) is 1.66. The summed E-state index contributed by atoms with van der Waals surface area (Å²) in [5, 5.41) is 13.4. The van der Waals surface area contributed by atoms with Gasteiger partial charge in [0, 0.05) is 18.8 Å². The number of nitrogens with zero attached hydrogens (tertiary/aromatic N) is 1. The van der Waals surface area contributed by atoms with E-state index in [9.17, 15) is 10.1 Å². The van der Waals surface area contributed by atoms with E-state index >= 15 is 0 Å². The smallest absolute Gasteiger partial charge is 0.312 e. The third-order valence-electron chi connectivity index (χ3n) is 1.66. The summed E-state index contributed by atoms with van der Waals surface area (Å²) in [6.07, 6.45) is 0. The summed E-state index contributed by atoms with van der Waals surface area (Å²) in [6, 6.07) is 4.70. The summed E-state index contributed by atoms with van der Waals surface area (Å²) >= 11 is 0. The van der Waals surface area contributed by atoms with Crippen LogP contribution in [0.2, 0.25) is 0 Å². The molecule has 5 heteroatoms. The molecule has 0 saturated heterocycles. The first-order valence-electron chi connectivity index (χ1n) is 3.69. The van der Waals surface area contributed by atoms with Gasteiger partial charge in [0.25, 0.3) is 0 Å². The minimum atomic E-state index is -0.473. The topological polar surface area (TPSA) is 64.4 Å². The fourth-order valence-electron chi connectivity index (χ4n) is 0.988. The van der Waals surface area contributed by atoms with Crippen molar-refractivity contribution in [3.63, 3.8) is 0 Å². The second-order valence-electron chi connectivity index (χ2n) is 2.39. The number of hydrogen-bond acceptors (Lipinski definition) is 4. The van der Waals surface area contributed by atoms with Gasteiger partial charge in [-0.15, -0.1) is 0 Å². The van der Waals surface area contributed by atoms with Crippen LogP contribution in [-0.4, -0.2) is 19.1 Å². The Hall–Kier alpha value is -1.78. The highest BCUT2D eigenvalue weighted by molar-refractivity contribution is 5.58. The number of nitro benzene ring substituents is 1. The zero-order valence-electron chi connectivity index (χ0n) is 7.40. The Morgan fingerprint density at radius 3 is 2.69 bits per heavy atom. The number of nitro groups is 1. The molecule has 1 N–H and O–H groups in total. The summed E-state index contributed by atoms with van der Waals surface area (Å²) in [4.78, 5) is 10.1. The molecule has 70 valence electrons. The molecule has 0 aliphatic heterocycles. The minimum absolute atomic E-state index is 0.0330. The van der Waals surface area contributed by atoms with Gasteiger partial charge in [0.2, 0.25) is 0 Å². The number of anilines is 1. The number of benzene rings is 1. The van der Waals surface area contributed by atoms with Crippen molar-refractivity contribution in [3.8, 4) is 5.75 Å². The Bertz CT molecular complexity index is 325. The van der Waals surface area contributed by atoms with Crippen molar-refractivity contribution in [1.82, 2.24) is 0 Å². The van der Waals surface area contributed by atoms with E-state index < -0.39 is 4.92 Å². The number of ether oxygens (including phenoxy) is 1. The fourth-order valence-corrected chi connectivity index (χ4v) is 0.988. The average molecular weight is 182 g/mol. The predicted octanol–water partition coefficient (Wildman–Crippen LogP) is 1.65. The summed E-state index contributed by atoms with van der Waals surface area (Å²) < 4.78 is 4.84. The molecule has 0 radical (unpaired) electrons. The molecule has 0 amide bonds. The molecular formula is C8H10N2O3. The van der Waals surface area contributed by atoms with Crippen molar-refractivity contribution in [1.29, 1.82) is 0 Å². The fraction of sp³-hybridized carbons (Fsp3) is 0.250. The molecule has 1 rings (SSSR count). The molecule has 13 heavy (non-hydrogen) atoms. The van der Waals surface area contributed by atoms with Crippen LogP contribution in [0.5, 0.6) is 5.75 Å². The first-order chi connectivity index (χ1) is 6.19. The van der Waals surface area contributed by atoms with Crippen LogP contribution >= 0.6 is 0 Å². The Labute approximate surface area is 75.5 Å². The van der Waals surface area contributed by atoms with Gasteiger partial charge in [-0.25, -0.2) is 0 Å². The lowest BCUT2D eigenvalue weighted by Crippen LogP contribution is -1.95. The maximum absolute atomic E-state index is 10.5. The van der Waals surface area contributed by atoms with Crippen molar-refractivity contribution in [2.45, 2.75) is 0 Å². The molecule has 0 fully saturated rings. The van der Waals surface area contributed by atoms with E-state index in [4.69, 9.17) is 4.74 Å². The van der Waals surface area contributed by atoms with Gasteiger partial charge in [-0.05, 0) is 12.1 Å². The molecule has 0 bridgehead atoms. The molecule has 5 nitrogen and oxygen atoms in total. The minimum Gasteiger partial charge on any atom is -0.490 e. The molecule has 1 aromatic rings. The lowest BCUT2D eigenvalue weighted by molar-refractivity contribution is -0.385. The summed E-state index contributed by atoms with van der Waals surface area (Å²) in [6.45, 7) is 0. The van der Waals surface area contributed by atoms with E-state index in [-0.39, 0.29) is 11.4 Å². The van der Waals surface area contributed by atoms with Crippen molar-refractivity contribution >= 4 is 11.4 Å². The van der Waals surface area contributed by atoms with E-state index in [0.29, 0.717) is 5.69 Å². The SMILES string of the molecule is CNc1ccc(OC)c([N+](=O)[O-])c1. The highest BCUT2D eigenvalue weighted by atomic mass is 16.6. The monoisotopic (exact) mass is 182 g/mol. The van der Waals surface area contributed by atoms with Crippen LogP contribution in [0.1, 0.15) is 0 Å². The first kappa shape index (κ1) is 9.31. The molecule has 0 aliphatic carbocycles. The van der Waals surface area contributed by atoms with Gasteiger partial charge < -0.3 is 10.1 Å². The molecule has 0 aliphatic rings. The van der Waals surface area contributed by atoms with Crippen molar-refractivity contribution in [2.24, 2.45) is 0 Å². The molecule has 0 spiro atoms. The lowest BCUT2D eigenvalue weighted by atomic mass is 10.2. The van der Waals surface area contributed by atoms with Crippen LogP contribution in [0, 0.1) is 10.1 Å². The highest BCUT2D eigenvalue weighted by Gasteiger charge is 2.14. The van der Waals surface area contributed by atoms with Crippen molar-refractivity contribution in [3.05, 3.63) is 28.3 Å². The molecule has 0 heterocycles. The summed E-state index contributed by atoms with van der Waals surface area (Å²) in [5.74, 6) is 0.268. The van der Waals surface area contributed by atoms with Gasteiger partial charge in [-0.3, -0.25) is 10.1 Å². The van der Waals surface area contributed by atoms with E-state index in [1.165, 1.54) is 13.2 Å². The summed E-state index contributed by atoms with van der Waals surface area (Å²) in [7, 11) is 3.10. The third kappa shape index (κ3) is 1.87. The van der Waals surface area contributed by atoms with Gasteiger partial charge in [0.15, 0.2) is 5.75 Å². The van der Waals surface area contributed by atoms with Crippen molar-refractivity contribution in [2.75, 3.05) is 19.5 Å². The van der Waals surface area contributed by atoms with E-state index in [2.05, 4.69) is 5.32 Å². The maximum Gasteiger partial charge on any atom is 0.312 e. The van der Waals surface area contributed by atoms with Crippen molar-refractivity contribution < 1.29 is 9.66 Å². The van der Waals surface area contributed by atoms with Gasteiger partial charge in [-0.2, -0.15) is 0 Å². The van der Waals surface area contributed by atoms with Crippen LogP contribution in [0.15, 0.2) is 18.2 Å². The van der Waals surface area contributed by atoms with Crippen LogP contribution in [0.25, 0.3) is 0 Å². The van der Waals surface area contributed by atoms with Crippen LogP contribution < -0.4 is 10.1 Å². The van der Waals surface area contributed by atoms with E-state index in [1.54, 1.807) is 19.2 Å². The normalized spacial score (nSPS) is 9.38. The van der Waals surface area contributed by atoms with E-state index in [1.807, 2.05) is 0 Å². The Morgan fingerprint density at radius 2 is 2.23 bits per heavy atom. The van der Waals surface area contributed by atoms with Crippen LogP contribution in [0.3, 0.4) is 0 Å². The zero-order valence-corrected chi connectivity index (χ0v) is 7.40. The Morgan fingerprint density at radius 1 is 1.54 bits per heavy atom. The molecule has 0 saturated carbocycles. The predicted molar refractivity (Wildman–Crippen MR) is 49.2 cm³/mol.